The predicted molar refractivity (Wildman–Crippen MR) is 110 cm³/mol. The normalized spacial score (nSPS) is 19.6. The third-order valence-electron chi connectivity index (χ3n) is 5.42. The Balaban J connectivity index is 1.49. The average molecular weight is 380 g/mol. The summed E-state index contributed by atoms with van der Waals surface area (Å²) in [6.07, 6.45) is 5.81. The molecule has 4 rings (SSSR count). The van der Waals surface area contributed by atoms with Gasteiger partial charge in [-0.2, -0.15) is 0 Å². The molecular weight excluding hydrogens is 352 g/mol. The van der Waals surface area contributed by atoms with Crippen molar-refractivity contribution in [2.45, 2.75) is 45.1 Å². The Hall–Kier alpha value is -2.47. The number of benzene rings is 1. The smallest absolute Gasteiger partial charge is 0.251 e. The number of nitrogens with zero attached hydrogens (tertiary/aromatic N) is 3. The first kappa shape index (κ1) is 18.9. The minimum absolute atomic E-state index is 0.0680. The monoisotopic (exact) mass is 380 g/mol. The highest BCUT2D eigenvalue weighted by atomic mass is 16.5. The van der Waals surface area contributed by atoms with Crippen molar-refractivity contribution in [3.8, 4) is 11.3 Å². The van der Waals surface area contributed by atoms with E-state index in [0.717, 1.165) is 55.4 Å². The molecule has 2 aliphatic rings. The van der Waals surface area contributed by atoms with E-state index in [1.165, 1.54) is 19.3 Å². The van der Waals surface area contributed by atoms with Crippen LogP contribution in [0.3, 0.4) is 0 Å². The Morgan fingerprint density at radius 1 is 1.18 bits per heavy atom. The maximum atomic E-state index is 12.6. The van der Waals surface area contributed by atoms with Gasteiger partial charge in [0.2, 0.25) is 5.95 Å². The number of rotatable bonds is 5. The topological polar surface area (TPSA) is 67.3 Å². The lowest BCUT2D eigenvalue weighted by Gasteiger charge is -2.22. The maximum absolute atomic E-state index is 12.6. The molecule has 1 unspecified atom stereocenters. The number of hydrogen-bond acceptors (Lipinski definition) is 5. The third-order valence-corrected chi connectivity index (χ3v) is 5.42. The summed E-state index contributed by atoms with van der Waals surface area (Å²) in [4.78, 5) is 24.2. The molecule has 0 radical (unpaired) electrons. The first-order valence-corrected chi connectivity index (χ1v) is 10.3. The summed E-state index contributed by atoms with van der Waals surface area (Å²) in [5.74, 6) is 0.721. The number of nitrogens with one attached hydrogen (secondary N) is 1. The van der Waals surface area contributed by atoms with Gasteiger partial charge < -0.3 is 15.0 Å². The molecule has 1 aromatic carbocycles. The van der Waals surface area contributed by atoms with Crippen molar-refractivity contribution >= 4 is 11.9 Å². The summed E-state index contributed by atoms with van der Waals surface area (Å²) in [6.45, 7) is 5.37. The molecule has 3 heterocycles. The van der Waals surface area contributed by atoms with E-state index in [1.54, 1.807) is 0 Å². The van der Waals surface area contributed by atoms with E-state index in [2.05, 4.69) is 15.2 Å². The van der Waals surface area contributed by atoms with Crippen LogP contribution in [0.25, 0.3) is 11.3 Å². The molecule has 2 aromatic rings. The van der Waals surface area contributed by atoms with E-state index < -0.39 is 0 Å². The van der Waals surface area contributed by atoms with Gasteiger partial charge in [0.15, 0.2) is 0 Å². The molecule has 0 bridgehead atoms. The second-order valence-electron chi connectivity index (χ2n) is 7.67. The fourth-order valence-electron chi connectivity index (χ4n) is 3.86. The van der Waals surface area contributed by atoms with E-state index >= 15 is 0 Å². The molecule has 6 heteroatoms. The summed E-state index contributed by atoms with van der Waals surface area (Å²) in [5, 5.41) is 3.01. The van der Waals surface area contributed by atoms with Gasteiger partial charge in [-0.3, -0.25) is 4.79 Å². The number of ether oxygens (including phenoxy) is 1. The lowest BCUT2D eigenvalue weighted by molar-refractivity contribution is 0.0169. The van der Waals surface area contributed by atoms with Crippen molar-refractivity contribution in [1.29, 1.82) is 0 Å². The van der Waals surface area contributed by atoms with Crippen LogP contribution in [0.4, 0.5) is 5.95 Å². The van der Waals surface area contributed by atoms with E-state index in [1.807, 2.05) is 37.3 Å². The fraction of sp³-hybridized carbons (Fsp3) is 0.500. The number of anilines is 1. The van der Waals surface area contributed by atoms with Gasteiger partial charge in [-0.15, -0.1) is 0 Å². The average Bonchev–Trinajstić information content (AvgIpc) is 3.27. The standard InChI is InChI=1S/C22H28N4O2/c1-16-13-20(25-22(24-16)26-10-3-4-11-26)17-7-6-8-18(14-17)21(27)23-15-19-9-2-5-12-28-19/h6-8,13-14,19H,2-5,9-12,15H2,1H3,(H,23,27). The molecule has 1 N–H and O–H groups in total. The zero-order valence-electron chi connectivity index (χ0n) is 16.5. The first-order valence-electron chi connectivity index (χ1n) is 10.3. The van der Waals surface area contributed by atoms with Crippen molar-refractivity contribution < 1.29 is 9.53 Å². The van der Waals surface area contributed by atoms with Gasteiger partial charge in [0.25, 0.3) is 5.91 Å². The lowest BCUT2D eigenvalue weighted by atomic mass is 10.1. The van der Waals surface area contributed by atoms with Crippen LogP contribution in [0, 0.1) is 6.92 Å². The van der Waals surface area contributed by atoms with Crippen molar-refractivity contribution in [1.82, 2.24) is 15.3 Å². The van der Waals surface area contributed by atoms with E-state index in [4.69, 9.17) is 9.72 Å². The molecule has 0 aliphatic carbocycles. The predicted octanol–water partition coefficient (Wildman–Crippen LogP) is 3.35. The number of carbonyl (C=O) groups excluding carboxylic acids is 1. The number of amides is 1. The molecule has 2 saturated heterocycles. The molecule has 2 fully saturated rings. The highest BCUT2D eigenvalue weighted by Crippen LogP contribution is 2.23. The van der Waals surface area contributed by atoms with Crippen LogP contribution in [-0.4, -0.2) is 48.2 Å². The van der Waals surface area contributed by atoms with Gasteiger partial charge >= 0.3 is 0 Å². The quantitative estimate of drug-likeness (QED) is 0.862. The van der Waals surface area contributed by atoms with E-state index in [0.29, 0.717) is 12.1 Å². The van der Waals surface area contributed by atoms with Gasteiger partial charge in [0, 0.05) is 43.1 Å². The summed E-state index contributed by atoms with van der Waals surface area (Å²) < 4.78 is 5.70. The molecule has 148 valence electrons. The Morgan fingerprint density at radius 2 is 2.04 bits per heavy atom. The van der Waals surface area contributed by atoms with Gasteiger partial charge in [-0.05, 0) is 57.2 Å². The first-order chi connectivity index (χ1) is 13.7. The number of hydrogen-bond donors (Lipinski definition) is 1. The lowest BCUT2D eigenvalue weighted by Crippen LogP contribution is -2.35. The Morgan fingerprint density at radius 3 is 2.82 bits per heavy atom. The van der Waals surface area contributed by atoms with E-state index in [9.17, 15) is 4.79 Å². The SMILES string of the molecule is Cc1cc(-c2cccc(C(=O)NCC3CCCCO3)c2)nc(N2CCCC2)n1. The van der Waals surface area contributed by atoms with Crippen LogP contribution in [-0.2, 0) is 4.74 Å². The maximum Gasteiger partial charge on any atom is 0.251 e. The minimum atomic E-state index is -0.0680. The fourth-order valence-corrected chi connectivity index (χ4v) is 3.86. The molecule has 0 spiro atoms. The molecule has 6 nitrogen and oxygen atoms in total. The Kier molecular flexibility index (Phi) is 5.86. The zero-order chi connectivity index (χ0) is 19.3. The molecule has 0 saturated carbocycles. The minimum Gasteiger partial charge on any atom is -0.376 e. The third kappa shape index (κ3) is 4.50. The van der Waals surface area contributed by atoms with Gasteiger partial charge in [-0.1, -0.05) is 12.1 Å². The summed E-state index contributed by atoms with van der Waals surface area (Å²) in [6, 6.07) is 9.64. The summed E-state index contributed by atoms with van der Waals surface area (Å²) in [5.41, 5.74) is 3.38. The van der Waals surface area contributed by atoms with Crippen molar-refractivity contribution in [2.24, 2.45) is 0 Å². The Labute approximate surface area is 166 Å². The second kappa shape index (κ2) is 8.69. The van der Waals surface area contributed by atoms with E-state index in [-0.39, 0.29) is 12.0 Å². The summed E-state index contributed by atoms with van der Waals surface area (Å²) >= 11 is 0. The molecule has 1 aromatic heterocycles. The molecule has 1 amide bonds. The van der Waals surface area contributed by atoms with Crippen LogP contribution in [0.15, 0.2) is 30.3 Å². The van der Waals surface area contributed by atoms with Crippen molar-refractivity contribution in [3.63, 3.8) is 0 Å². The van der Waals surface area contributed by atoms with Gasteiger partial charge in [0.05, 0.1) is 11.8 Å². The highest BCUT2D eigenvalue weighted by molar-refractivity contribution is 5.95. The van der Waals surface area contributed by atoms with Crippen LogP contribution in [0.1, 0.15) is 48.2 Å². The number of carbonyl (C=O) groups is 1. The largest absolute Gasteiger partial charge is 0.376 e. The highest BCUT2D eigenvalue weighted by Gasteiger charge is 2.18. The van der Waals surface area contributed by atoms with Crippen LogP contribution in [0.5, 0.6) is 0 Å². The van der Waals surface area contributed by atoms with Crippen molar-refractivity contribution in [3.05, 3.63) is 41.6 Å². The second-order valence-corrected chi connectivity index (χ2v) is 7.67. The number of aromatic nitrogens is 2. The molecule has 2 aliphatic heterocycles. The van der Waals surface area contributed by atoms with Crippen LogP contribution < -0.4 is 10.2 Å². The van der Waals surface area contributed by atoms with Crippen LogP contribution in [0.2, 0.25) is 0 Å². The van der Waals surface area contributed by atoms with Crippen molar-refractivity contribution in [2.75, 3.05) is 31.1 Å². The van der Waals surface area contributed by atoms with Gasteiger partial charge in [0.1, 0.15) is 0 Å². The number of aryl methyl sites for hydroxylation is 1. The van der Waals surface area contributed by atoms with Crippen LogP contribution >= 0.6 is 0 Å². The van der Waals surface area contributed by atoms with Gasteiger partial charge in [-0.25, -0.2) is 9.97 Å². The summed E-state index contributed by atoms with van der Waals surface area (Å²) in [7, 11) is 0. The molecule has 28 heavy (non-hydrogen) atoms. The zero-order valence-corrected chi connectivity index (χ0v) is 16.5. The molecular formula is C22H28N4O2. The Bertz CT molecular complexity index is 827. The molecule has 1 atom stereocenters.